The molecule has 3 rings (SSSR count). The summed E-state index contributed by atoms with van der Waals surface area (Å²) in [6.45, 7) is 0. The largest absolute Gasteiger partial charge is 0.507 e. The smallest absolute Gasteiger partial charge is 0.347 e. The average Bonchev–Trinajstić information content (AvgIpc) is 2.38. The van der Waals surface area contributed by atoms with Gasteiger partial charge in [0, 0.05) is 16.8 Å². The third kappa shape index (κ3) is 1.43. The van der Waals surface area contributed by atoms with Gasteiger partial charge in [-0.05, 0) is 18.2 Å². The Hall–Kier alpha value is -2.49. The van der Waals surface area contributed by atoms with Crippen molar-refractivity contribution in [1.29, 1.82) is 0 Å². The van der Waals surface area contributed by atoms with Crippen molar-refractivity contribution in [3.8, 4) is 11.5 Å². The van der Waals surface area contributed by atoms with Crippen LogP contribution < -0.4 is 10.4 Å². The fourth-order valence-electron chi connectivity index (χ4n) is 2.07. The SMILES string of the molecule is COc1ccc2c(c1)oc(=O)c1c(O)cccc12. The number of phenols is 1. The topological polar surface area (TPSA) is 59.7 Å². The van der Waals surface area contributed by atoms with Gasteiger partial charge in [-0.25, -0.2) is 4.79 Å². The Labute approximate surface area is 102 Å². The number of ether oxygens (including phenoxy) is 1. The second-order valence-corrected chi connectivity index (χ2v) is 3.95. The number of phenolic OH excluding ortho intramolecular Hbond substituents is 1. The summed E-state index contributed by atoms with van der Waals surface area (Å²) < 4.78 is 10.3. The Morgan fingerprint density at radius 3 is 2.78 bits per heavy atom. The van der Waals surface area contributed by atoms with Crippen LogP contribution in [0.15, 0.2) is 45.6 Å². The summed E-state index contributed by atoms with van der Waals surface area (Å²) in [7, 11) is 1.55. The highest BCUT2D eigenvalue weighted by molar-refractivity contribution is 6.06. The van der Waals surface area contributed by atoms with Crippen LogP contribution in [-0.2, 0) is 0 Å². The van der Waals surface area contributed by atoms with Crippen molar-refractivity contribution < 1.29 is 14.3 Å². The third-order valence-corrected chi connectivity index (χ3v) is 2.93. The second-order valence-electron chi connectivity index (χ2n) is 3.95. The molecule has 0 unspecified atom stereocenters. The monoisotopic (exact) mass is 242 g/mol. The lowest BCUT2D eigenvalue weighted by Gasteiger charge is -2.05. The first-order chi connectivity index (χ1) is 8.70. The van der Waals surface area contributed by atoms with Crippen molar-refractivity contribution in [2.45, 2.75) is 0 Å². The molecule has 2 aromatic carbocycles. The predicted molar refractivity (Wildman–Crippen MR) is 68.2 cm³/mol. The van der Waals surface area contributed by atoms with Gasteiger partial charge >= 0.3 is 5.63 Å². The summed E-state index contributed by atoms with van der Waals surface area (Å²) in [5.41, 5.74) is -0.110. The van der Waals surface area contributed by atoms with E-state index in [9.17, 15) is 9.90 Å². The fourth-order valence-corrected chi connectivity index (χ4v) is 2.07. The summed E-state index contributed by atoms with van der Waals surface area (Å²) in [5, 5.41) is 11.4. The molecule has 0 amide bonds. The highest BCUT2D eigenvalue weighted by Crippen LogP contribution is 2.29. The van der Waals surface area contributed by atoms with E-state index in [2.05, 4.69) is 0 Å². The maximum Gasteiger partial charge on any atom is 0.347 e. The summed E-state index contributed by atoms with van der Waals surface area (Å²) in [5.74, 6) is 0.545. The normalized spacial score (nSPS) is 10.9. The van der Waals surface area contributed by atoms with Crippen LogP contribution in [0.2, 0.25) is 0 Å². The molecule has 0 atom stereocenters. The zero-order valence-corrected chi connectivity index (χ0v) is 9.64. The Morgan fingerprint density at radius 1 is 1.17 bits per heavy atom. The van der Waals surface area contributed by atoms with Crippen LogP contribution in [0.5, 0.6) is 11.5 Å². The first kappa shape index (κ1) is 10.7. The number of hydrogen-bond acceptors (Lipinski definition) is 4. The summed E-state index contributed by atoms with van der Waals surface area (Å²) in [6, 6.07) is 10.2. The summed E-state index contributed by atoms with van der Waals surface area (Å²) >= 11 is 0. The first-order valence-corrected chi connectivity index (χ1v) is 5.43. The lowest BCUT2D eigenvalue weighted by molar-refractivity contribution is 0.414. The molecular formula is C14H10O4. The van der Waals surface area contributed by atoms with Crippen LogP contribution in [0.1, 0.15) is 0 Å². The molecular weight excluding hydrogens is 232 g/mol. The summed E-state index contributed by atoms with van der Waals surface area (Å²) in [4.78, 5) is 11.8. The Balaban J connectivity index is 2.55. The van der Waals surface area contributed by atoms with Crippen LogP contribution in [0, 0.1) is 0 Å². The van der Waals surface area contributed by atoms with Gasteiger partial charge in [0.25, 0.3) is 0 Å². The van der Waals surface area contributed by atoms with Crippen molar-refractivity contribution in [3.63, 3.8) is 0 Å². The van der Waals surface area contributed by atoms with Crippen molar-refractivity contribution in [2.24, 2.45) is 0 Å². The molecule has 0 aliphatic carbocycles. The van der Waals surface area contributed by atoms with Crippen molar-refractivity contribution in [3.05, 3.63) is 46.8 Å². The van der Waals surface area contributed by atoms with Crippen LogP contribution in [0.25, 0.3) is 21.7 Å². The van der Waals surface area contributed by atoms with Gasteiger partial charge in [-0.3, -0.25) is 0 Å². The van der Waals surface area contributed by atoms with Crippen molar-refractivity contribution in [2.75, 3.05) is 7.11 Å². The number of hydrogen-bond donors (Lipinski definition) is 1. The molecule has 0 fully saturated rings. The van der Waals surface area contributed by atoms with E-state index >= 15 is 0 Å². The number of aromatic hydroxyl groups is 1. The van der Waals surface area contributed by atoms with Gasteiger partial charge in [0.2, 0.25) is 0 Å². The maximum atomic E-state index is 11.8. The molecule has 0 saturated carbocycles. The molecule has 18 heavy (non-hydrogen) atoms. The Bertz CT molecular complexity index is 802. The Kier molecular flexibility index (Phi) is 2.23. The molecule has 0 saturated heterocycles. The van der Waals surface area contributed by atoms with Crippen LogP contribution in [-0.4, -0.2) is 12.2 Å². The van der Waals surface area contributed by atoms with Gasteiger partial charge in [-0.15, -0.1) is 0 Å². The first-order valence-electron chi connectivity index (χ1n) is 5.43. The van der Waals surface area contributed by atoms with Crippen molar-refractivity contribution in [1.82, 2.24) is 0 Å². The number of benzene rings is 2. The highest BCUT2D eigenvalue weighted by atomic mass is 16.5. The van der Waals surface area contributed by atoms with Crippen LogP contribution >= 0.6 is 0 Å². The molecule has 90 valence electrons. The summed E-state index contributed by atoms with van der Waals surface area (Å²) in [6.07, 6.45) is 0. The molecule has 1 heterocycles. The highest BCUT2D eigenvalue weighted by Gasteiger charge is 2.11. The quantitative estimate of drug-likeness (QED) is 0.526. The van der Waals surface area contributed by atoms with Gasteiger partial charge in [0.1, 0.15) is 22.5 Å². The number of methoxy groups -OCH3 is 1. The van der Waals surface area contributed by atoms with E-state index in [-0.39, 0.29) is 11.1 Å². The van der Waals surface area contributed by atoms with E-state index in [0.29, 0.717) is 16.7 Å². The van der Waals surface area contributed by atoms with E-state index in [1.807, 2.05) is 0 Å². The van der Waals surface area contributed by atoms with E-state index in [1.54, 1.807) is 37.4 Å². The molecule has 0 spiro atoms. The lowest BCUT2D eigenvalue weighted by atomic mass is 10.1. The van der Waals surface area contributed by atoms with Crippen LogP contribution in [0.3, 0.4) is 0 Å². The maximum absolute atomic E-state index is 11.8. The Morgan fingerprint density at radius 2 is 2.00 bits per heavy atom. The minimum absolute atomic E-state index is 0.0704. The van der Waals surface area contributed by atoms with Gasteiger partial charge in [-0.2, -0.15) is 0 Å². The molecule has 0 bridgehead atoms. The van der Waals surface area contributed by atoms with E-state index in [1.165, 1.54) is 6.07 Å². The van der Waals surface area contributed by atoms with E-state index in [4.69, 9.17) is 9.15 Å². The molecule has 4 heteroatoms. The molecule has 0 aliphatic rings. The van der Waals surface area contributed by atoms with E-state index in [0.717, 1.165) is 5.39 Å². The van der Waals surface area contributed by atoms with Gasteiger partial charge in [0.15, 0.2) is 0 Å². The minimum Gasteiger partial charge on any atom is -0.507 e. The van der Waals surface area contributed by atoms with Gasteiger partial charge < -0.3 is 14.3 Å². The molecule has 3 aromatic rings. The molecule has 1 aromatic heterocycles. The zero-order chi connectivity index (χ0) is 12.7. The van der Waals surface area contributed by atoms with Gasteiger partial charge in [0.05, 0.1) is 7.11 Å². The molecule has 0 radical (unpaired) electrons. The third-order valence-electron chi connectivity index (χ3n) is 2.93. The van der Waals surface area contributed by atoms with Crippen molar-refractivity contribution >= 4 is 21.7 Å². The standard InChI is InChI=1S/C14H10O4/c1-17-8-5-6-9-10-3-2-4-11(15)13(10)14(16)18-12(9)7-8/h2-7,15H,1H3. The molecule has 1 N–H and O–H groups in total. The molecule has 0 aliphatic heterocycles. The average molecular weight is 242 g/mol. The van der Waals surface area contributed by atoms with Crippen LogP contribution in [0.4, 0.5) is 0 Å². The number of fused-ring (bicyclic) bond motifs is 3. The number of rotatable bonds is 1. The fraction of sp³-hybridized carbons (Fsp3) is 0.0714. The second kappa shape index (κ2) is 3.77. The lowest BCUT2D eigenvalue weighted by Crippen LogP contribution is -2.00. The predicted octanol–water partition coefficient (Wildman–Crippen LogP) is 2.66. The minimum atomic E-state index is -0.552. The molecule has 4 nitrogen and oxygen atoms in total. The van der Waals surface area contributed by atoms with Gasteiger partial charge in [-0.1, -0.05) is 12.1 Å². The van der Waals surface area contributed by atoms with E-state index < -0.39 is 5.63 Å². The zero-order valence-electron chi connectivity index (χ0n) is 9.64.